The standard InChI is InChI=1S/C26H26N6O3/c1-15-14-32(16(2)13-31(15)17(3)18-5-7-19(8-6-18)26(34)35)24-21(12-28)25(33)30(4)22-10-9-20(11-27)29-23(22)24/h5-10,15-17H,13-14H2,1-4H3,(H,34,35)/t15-,16+,17?/m1/s1. The number of piperazine rings is 1. The van der Waals surface area contributed by atoms with Crippen LogP contribution in [-0.2, 0) is 7.05 Å². The molecule has 2 aromatic heterocycles. The number of aryl methyl sites for hydroxylation is 1. The van der Waals surface area contributed by atoms with Crippen molar-refractivity contribution in [1.82, 2.24) is 14.5 Å². The van der Waals surface area contributed by atoms with Crippen LogP contribution >= 0.6 is 0 Å². The molecule has 1 fully saturated rings. The summed E-state index contributed by atoms with van der Waals surface area (Å²) in [5.41, 5.74) is 2.62. The average molecular weight is 471 g/mol. The molecule has 4 rings (SSSR count). The van der Waals surface area contributed by atoms with E-state index in [2.05, 4.69) is 34.7 Å². The highest BCUT2D eigenvalue weighted by atomic mass is 16.4. The van der Waals surface area contributed by atoms with Gasteiger partial charge in [0.05, 0.1) is 16.8 Å². The predicted molar refractivity (Wildman–Crippen MR) is 131 cm³/mol. The third kappa shape index (κ3) is 4.11. The van der Waals surface area contributed by atoms with Gasteiger partial charge in [0, 0.05) is 38.3 Å². The lowest BCUT2D eigenvalue weighted by Gasteiger charge is -2.48. The number of nitriles is 2. The number of carbonyl (C=O) groups is 1. The normalized spacial score (nSPS) is 19.2. The third-order valence-corrected chi connectivity index (χ3v) is 6.90. The first-order chi connectivity index (χ1) is 16.7. The fraction of sp³-hybridized carbons (Fsp3) is 0.346. The number of carboxylic acid groups (broad SMARTS) is 1. The van der Waals surface area contributed by atoms with Gasteiger partial charge < -0.3 is 14.6 Å². The first kappa shape index (κ1) is 23.9. The summed E-state index contributed by atoms with van der Waals surface area (Å²) < 4.78 is 1.40. The molecular formula is C26H26N6O3. The molecule has 0 spiro atoms. The van der Waals surface area contributed by atoms with E-state index in [-0.39, 0.29) is 34.9 Å². The molecule has 3 aromatic rings. The van der Waals surface area contributed by atoms with Gasteiger partial charge >= 0.3 is 5.97 Å². The zero-order chi connectivity index (χ0) is 25.4. The van der Waals surface area contributed by atoms with Gasteiger partial charge in [-0.3, -0.25) is 9.69 Å². The van der Waals surface area contributed by atoms with Crippen LogP contribution in [0.2, 0.25) is 0 Å². The van der Waals surface area contributed by atoms with Crippen molar-refractivity contribution in [3.8, 4) is 12.1 Å². The second-order valence-electron chi connectivity index (χ2n) is 9.03. The van der Waals surface area contributed by atoms with Crippen LogP contribution in [0.4, 0.5) is 5.69 Å². The molecule has 1 aromatic carbocycles. The number of hydrogen-bond acceptors (Lipinski definition) is 7. The third-order valence-electron chi connectivity index (χ3n) is 6.90. The maximum Gasteiger partial charge on any atom is 0.335 e. The van der Waals surface area contributed by atoms with Gasteiger partial charge in [-0.15, -0.1) is 0 Å². The Morgan fingerprint density at radius 3 is 2.37 bits per heavy atom. The fourth-order valence-electron chi connectivity index (χ4n) is 4.94. The molecule has 178 valence electrons. The summed E-state index contributed by atoms with van der Waals surface area (Å²) in [7, 11) is 1.60. The van der Waals surface area contributed by atoms with Crippen molar-refractivity contribution in [2.75, 3.05) is 18.0 Å². The van der Waals surface area contributed by atoms with E-state index in [1.807, 2.05) is 25.1 Å². The second kappa shape index (κ2) is 9.21. The highest BCUT2D eigenvalue weighted by Crippen LogP contribution is 2.34. The van der Waals surface area contributed by atoms with Gasteiger partial charge in [-0.2, -0.15) is 10.5 Å². The lowest BCUT2D eigenvalue weighted by atomic mass is 9.98. The van der Waals surface area contributed by atoms with Crippen molar-refractivity contribution in [2.45, 2.75) is 38.9 Å². The Morgan fingerprint density at radius 2 is 1.77 bits per heavy atom. The molecule has 1 saturated heterocycles. The molecule has 3 atom stereocenters. The zero-order valence-electron chi connectivity index (χ0n) is 20.1. The molecule has 0 saturated carbocycles. The summed E-state index contributed by atoms with van der Waals surface area (Å²) in [5, 5.41) is 28.5. The summed E-state index contributed by atoms with van der Waals surface area (Å²) >= 11 is 0. The predicted octanol–water partition coefficient (Wildman–Crippen LogP) is 3.04. The Balaban J connectivity index is 1.73. The Labute approximate surface area is 203 Å². The van der Waals surface area contributed by atoms with Crippen LogP contribution in [0.1, 0.15) is 54.0 Å². The lowest BCUT2D eigenvalue weighted by Crippen LogP contribution is -2.57. The highest BCUT2D eigenvalue weighted by molar-refractivity contribution is 5.92. The molecule has 0 radical (unpaired) electrons. The molecule has 0 amide bonds. The smallest absolute Gasteiger partial charge is 0.335 e. The number of rotatable bonds is 4. The van der Waals surface area contributed by atoms with Crippen LogP contribution in [0.5, 0.6) is 0 Å². The van der Waals surface area contributed by atoms with Crippen molar-refractivity contribution in [2.24, 2.45) is 7.05 Å². The number of aromatic carboxylic acids is 1. The maximum absolute atomic E-state index is 13.0. The Kier molecular flexibility index (Phi) is 6.29. The van der Waals surface area contributed by atoms with E-state index in [4.69, 9.17) is 0 Å². The molecular weight excluding hydrogens is 444 g/mol. The topological polar surface area (TPSA) is 126 Å². The lowest BCUT2D eigenvalue weighted by molar-refractivity contribution is 0.0696. The van der Waals surface area contributed by atoms with Gasteiger partial charge in [0.25, 0.3) is 5.56 Å². The number of fused-ring (bicyclic) bond motifs is 1. The summed E-state index contributed by atoms with van der Waals surface area (Å²) in [6, 6.07) is 14.3. The van der Waals surface area contributed by atoms with E-state index in [0.717, 1.165) is 5.56 Å². The van der Waals surface area contributed by atoms with Gasteiger partial charge in [0.1, 0.15) is 28.9 Å². The molecule has 1 aliphatic heterocycles. The molecule has 1 N–H and O–H groups in total. The largest absolute Gasteiger partial charge is 0.478 e. The number of benzene rings is 1. The quantitative estimate of drug-likeness (QED) is 0.617. The number of hydrogen-bond donors (Lipinski definition) is 1. The molecule has 35 heavy (non-hydrogen) atoms. The molecule has 0 aliphatic carbocycles. The summed E-state index contributed by atoms with van der Waals surface area (Å²) in [6.45, 7) is 7.42. The minimum atomic E-state index is -0.956. The van der Waals surface area contributed by atoms with Gasteiger partial charge in [-0.05, 0) is 50.6 Å². The number of aromatic nitrogens is 2. The summed E-state index contributed by atoms with van der Waals surface area (Å²) in [6.07, 6.45) is 0. The molecule has 3 heterocycles. The first-order valence-corrected chi connectivity index (χ1v) is 11.4. The van der Waals surface area contributed by atoms with E-state index in [1.54, 1.807) is 31.3 Å². The molecule has 1 aliphatic rings. The van der Waals surface area contributed by atoms with Crippen LogP contribution in [0.3, 0.4) is 0 Å². The van der Waals surface area contributed by atoms with Crippen LogP contribution < -0.4 is 10.5 Å². The molecule has 9 heteroatoms. The van der Waals surface area contributed by atoms with Crippen molar-refractivity contribution >= 4 is 22.7 Å². The summed E-state index contributed by atoms with van der Waals surface area (Å²) in [4.78, 5) is 33.1. The SMILES string of the molecule is CC(c1ccc(C(=O)O)cc1)N1C[C@H](C)N(c2c(C#N)c(=O)n(C)c3ccc(C#N)nc23)C[C@H]1C. The number of pyridine rings is 2. The van der Waals surface area contributed by atoms with Gasteiger partial charge in [-0.1, -0.05) is 12.1 Å². The van der Waals surface area contributed by atoms with E-state index < -0.39 is 11.5 Å². The minimum absolute atomic E-state index is 0.0207. The maximum atomic E-state index is 13.0. The van der Waals surface area contributed by atoms with Crippen molar-refractivity contribution in [3.63, 3.8) is 0 Å². The van der Waals surface area contributed by atoms with Crippen molar-refractivity contribution in [1.29, 1.82) is 10.5 Å². The second-order valence-corrected chi connectivity index (χ2v) is 9.03. The van der Waals surface area contributed by atoms with Gasteiger partial charge in [0.15, 0.2) is 0 Å². The Morgan fingerprint density at radius 1 is 1.09 bits per heavy atom. The Bertz CT molecular complexity index is 1450. The van der Waals surface area contributed by atoms with E-state index in [1.165, 1.54) is 4.57 Å². The molecule has 9 nitrogen and oxygen atoms in total. The highest BCUT2D eigenvalue weighted by Gasteiger charge is 2.35. The minimum Gasteiger partial charge on any atom is -0.478 e. The Hall–Kier alpha value is -4.21. The van der Waals surface area contributed by atoms with Crippen LogP contribution in [0.25, 0.3) is 11.0 Å². The van der Waals surface area contributed by atoms with E-state index in [0.29, 0.717) is 29.8 Å². The average Bonchev–Trinajstić information content (AvgIpc) is 2.86. The number of anilines is 1. The van der Waals surface area contributed by atoms with Crippen LogP contribution in [0.15, 0.2) is 41.2 Å². The van der Waals surface area contributed by atoms with Crippen LogP contribution in [-0.4, -0.2) is 50.7 Å². The molecule has 0 bridgehead atoms. The fourth-order valence-corrected chi connectivity index (χ4v) is 4.94. The van der Waals surface area contributed by atoms with Crippen LogP contribution in [0, 0.1) is 22.7 Å². The number of carboxylic acids is 1. The van der Waals surface area contributed by atoms with E-state index in [9.17, 15) is 25.2 Å². The first-order valence-electron chi connectivity index (χ1n) is 11.4. The summed E-state index contributed by atoms with van der Waals surface area (Å²) in [5.74, 6) is -0.956. The van der Waals surface area contributed by atoms with Gasteiger partial charge in [-0.25, -0.2) is 9.78 Å². The van der Waals surface area contributed by atoms with E-state index >= 15 is 0 Å². The molecule has 1 unspecified atom stereocenters. The van der Waals surface area contributed by atoms with Crippen molar-refractivity contribution in [3.05, 3.63) is 69.1 Å². The number of nitrogens with zero attached hydrogens (tertiary/aromatic N) is 6. The monoisotopic (exact) mass is 470 g/mol. The zero-order valence-corrected chi connectivity index (χ0v) is 20.1. The van der Waals surface area contributed by atoms with Gasteiger partial charge in [0.2, 0.25) is 0 Å². The van der Waals surface area contributed by atoms with Crippen molar-refractivity contribution < 1.29 is 9.90 Å².